The summed E-state index contributed by atoms with van der Waals surface area (Å²) in [6.07, 6.45) is 5.66. The molecule has 27 heavy (non-hydrogen) atoms. The molecular formula is C19H30IN5OS. The summed E-state index contributed by atoms with van der Waals surface area (Å²) in [6.45, 7) is 8.40. The van der Waals surface area contributed by atoms with E-state index in [1.807, 2.05) is 17.5 Å². The van der Waals surface area contributed by atoms with E-state index in [1.54, 1.807) is 24.6 Å². The number of aromatic nitrogens is 1. The zero-order chi connectivity index (χ0) is 18.4. The quantitative estimate of drug-likeness (QED) is 0.355. The van der Waals surface area contributed by atoms with E-state index in [-0.39, 0.29) is 29.5 Å². The molecule has 1 fully saturated rings. The van der Waals surface area contributed by atoms with Gasteiger partial charge in [-0.25, -0.2) is 4.98 Å². The van der Waals surface area contributed by atoms with Crippen molar-refractivity contribution in [2.45, 2.75) is 45.2 Å². The van der Waals surface area contributed by atoms with Crippen LogP contribution in [0.5, 0.6) is 0 Å². The third kappa shape index (κ3) is 6.18. The number of halogens is 1. The fourth-order valence-electron chi connectivity index (χ4n) is 3.21. The number of likely N-dealkylation sites (tertiary alicyclic amines) is 1. The zero-order valence-corrected chi connectivity index (χ0v) is 19.5. The second-order valence-electron chi connectivity index (χ2n) is 7.26. The molecule has 2 aromatic heterocycles. The van der Waals surface area contributed by atoms with Crippen molar-refractivity contribution in [3.8, 4) is 10.8 Å². The Kier molecular flexibility index (Phi) is 8.56. The molecule has 6 nitrogen and oxygen atoms in total. The number of aliphatic imine (C=N–C) groups is 1. The van der Waals surface area contributed by atoms with E-state index in [9.17, 15) is 0 Å². The Balaban J connectivity index is 0.00000261. The molecule has 1 aliphatic rings. The normalized spacial score (nSPS) is 16.0. The van der Waals surface area contributed by atoms with Gasteiger partial charge in [-0.3, -0.25) is 9.89 Å². The SMILES string of the molecule is CN=C(NCc1coc(-c2cccs2)n1)NCC(C)(C)N1CCCCC1.I. The molecule has 0 aromatic carbocycles. The van der Waals surface area contributed by atoms with E-state index in [2.05, 4.69) is 39.4 Å². The van der Waals surface area contributed by atoms with Gasteiger partial charge in [-0.15, -0.1) is 35.3 Å². The Bertz CT molecular complexity index is 708. The summed E-state index contributed by atoms with van der Waals surface area (Å²) in [6, 6.07) is 4.01. The maximum atomic E-state index is 5.56. The lowest BCUT2D eigenvalue weighted by molar-refractivity contribution is 0.0982. The van der Waals surface area contributed by atoms with E-state index < -0.39 is 0 Å². The zero-order valence-electron chi connectivity index (χ0n) is 16.3. The monoisotopic (exact) mass is 503 g/mol. The second-order valence-corrected chi connectivity index (χ2v) is 8.21. The first-order valence-corrected chi connectivity index (χ1v) is 10.1. The van der Waals surface area contributed by atoms with Crippen LogP contribution in [0.1, 0.15) is 38.8 Å². The van der Waals surface area contributed by atoms with Gasteiger partial charge in [-0.1, -0.05) is 12.5 Å². The van der Waals surface area contributed by atoms with Crippen LogP contribution in [0.15, 0.2) is 33.2 Å². The van der Waals surface area contributed by atoms with Gasteiger partial charge in [0.15, 0.2) is 5.96 Å². The first kappa shape index (κ1) is 22.2. The fourth-order valence-corrected chi connectivity index (χ4v) is 3.86. The molecule has 0 radical (unpaired) electrons. The Hall–Kier alpha value is -1.13. The lowest BCUT2D eigenvalue weighted by atomic mass is 9.98. The first-order chi connectivity index (χ1) is 12.6. The van der Waals surface area contributed by atoms with Crippen molar-refractivity contribution in [1.82, 2.24) is 20.5 Å². The van der Waals surface area contributed by atoms with Crippen molar-refractivity contribution in [1.29, 1.82) is 0 Å². The average molecular weight is 503 g/mol. The molecular weight excluding hydrogens is 473 g/mol. The van der Waals surface area contributed by atoms with Gasteiger partial charge in [-0.2, -0.15) is 0 Å². The van der Waals surface area contributed by atoms with Crippen molar-refractivity contribution < 1.29 is 4.42 Å². The highest BCUT2D eigenvalue weighted by Gasteiger charge is 2.27. The molecule has 0 unspecified atom stereocenters. The second kappa shape index (κ2) is 10.4. The lowest BCUT2D eigenvalue weighted by Crippen LogP contribution is -2.54. The van der Waals surface area contributed by atoms with E-state index in [1.165, 1.54) is 32.4 Å². The minimum absolute atomic E-state index is 0. The summed E-state index contributed by atoms with van der Waals surface area (Å²) >= 11 is 1.63. The predicted molar refractivity (Wildman–Crippen MR) is 123 cm³/mol. The summed E-state index contributed by atoms with van der Waals surface area (Å²) in [7, 11) is 1.79. The highest BCUT2D eigenvalue weighted by Crippen LogP contribution is 2.23. The van der Waals surface area contributed by atoms with Crippen LogP contribution in [0.2, 0.25) is 0 Å². The molecule has 2 N–H and O–H groups in total. The summed E-state index contributed by atoms with van der Waals surface area (Å²) in [4.78, 5) is 12.5. The van der Waals surface area contributed by atoms with Crippen LogP contribution in [-0.2, 0) is 6.54 Å². The van der Waals surface area contributed by atoms with Gasteiger partial charge in [0, 0.05) is 19.1 Å². The topological polar surface area (TPSA) is 65.7 Å². The Morgan fingerprint density at radius 3 is 2.74 bits per heavy atom. The van der Waals surface area contributed by atoms with E-state index >= 15 is 0 Å². The smallest absolute Gasteiger partial charge is 0.236 e. The van der Waals surface area contributed by atoms with Crippen LogP contribution >= 0.6 is 35.3 Å². The minimum Gasteiger partial charge on any atom is -0.443 e. The van der Waals surface area contributed by atoms with Crippen LogP contribution in [0.25, 0.3) is 10.8 Å². The molecule has 3 rings (SSSR count). The molecule has 150 valence electrons. The number of guanidine groups is 1. The van der Waals surface area contributed by atoms with Gasteiger partial charge in [0.2, 0.25) is 5.89 Å². The molecule has 0 bridgehead atoms. The number of thiophene rings is 1. The molecule has 3 heterocycles. The van der Waals surface area contributed by atoms with E-state index in [0.29, 0.717) is 12.4 Å². The van der Waals surface area contributed by atoms with Gasteiger partial charge < -0.3 is 15.1 Å². The minimum atomic E-state index is 0. The standard InChI is InChI=1S/C19H29N5OS.HI/c1-19(2,24-9-5-4-6-10-24)14-22-18(20-3)21-12-15-13-25-17(23-15)16-8-7-11-26-16;/h7-8,11,13H,4-6,9-10,12,14H2,1-3H3,(H2,20,21,22);1H. The van der Waals surface area contributed by atoms with Gasteiger partial charge in [-0.05, 0) is 51.2 Å². The first-order valence-electron chi connectivity index (χ1n) is 9.26. The summed E-state index contributed by atoms with van der Waals surface area (Å²) in [5.41, 5.74) is 0.977. The maximum Gasteiger partial charge on any atom is 0.236 e. The number of hydrogen-bond acceptors (Lipinski definition) is 5. The van der Waals surface area contributed by atoms with Crippen LogP contribution in [0.4, 0.5) is 0 Å². The average Bonchev–Trinajstić information content (AvgIpc) is 3.34. The van der Waals surface area contributed by atoms with Crippen LogP contribution < -0.4 is 10.6 Å². The summed E-state index contributed by atoms with van der Waals surface area (Å²) in [5, 5.41) is 8.79. The van der Waals surface area contributed by atoms with Crippen LogP contribution in [-0.4, -0.2) is 48.1 Å². The molecule has 0 amide bonds. The van der Waals surface area contributed by atoms with Crippen molar-refractivity contribution in [2.24, 2.45) is 4.99 Å². The summed E-state index contributed by atoms with van der Waals surface area (Å²) in [5.74, 6) is 1.46. The number of rotatable bonds is 6. The third-order valence-corrected chi connectivity index (χ3v) is 5.70. The molecule has 0 aliphatic carbocycles. The van der Waals surface area contributed by atoms with Crippen molar-refractivity contribution in [3.05, 3.63) is 29.5 Å². The molecule has 8 heteroatoms. The molecule has 1 saturated heterocycles. The van der Waals surface area contributed by atoms with Crippen LogP contribution in [0.3, 0.4) is 0 Å². The van der Waals surface area contributed by atoms with E-state index in [4.69, 9.17) is 4.42 Å². The lowest BCUT2D eigenvalue weighted by Gasteiger charge is -2.41. The van der Waals surface area contributed by atoms with Gasteiger partial charge >= 0.3 is 0 Å². The Labute approximate surface area is 182 Å². The van der Waals surface area contributed by atoms with Crippen LogP contribution in [0, 0.1) is 0 Å². The molecule has 2 aromatic rings. The molecule has 0 saturated carbocycles. The van der Waals surface area contributed by atoms with Crippen molar-refractivity contribution in [3.63, 3.8) is 0 Å². The van der Waals surface area contributed by atoms with Gasteiger partial charge in [0.05, 0.1) is 17.1 Å². The maximum absolute atomic E-state index is 5.56. The highest BCUT2D eigenvalue weighted by molar-refractivity contribution is 14.0. The fraction of sp³-hybridized carbons (Fsp3) is 0.579. The molecule has 0 spiro atoms. The predicted octanol–water partition coefficient (Wildman–Crippen LogP) is 3.95. The Morgan fingerprint density at radius 1 is 1.30 bits per heavy atom. The molecule has 0 atom stereocenters. The highest BCUT2D eigenvalue weighted by atomic mass is 127. The van der Waals surface area contributed by atoms with Gasteiger partial charge in [0.1, 0.15) is 6.26 Å². The number of piperidine rings is 1. The number of oxazole rings is 1. The largest absolute Gasteiger partial charge is 0.443 e. The number of hydrogen-bond donors (Lipinski definition) is 2. The molecule has 1 aliphatic heterocycles. The number of nitrogens with zero attached hydrogens (tertiary/aromatic N) is 3. The van der Waals surface area contributed by atoms with Crippen molar-refractivity contribution >= 4 is 41.3 Å². The summed E-state index contributed by atoms with van der Waals surface area (Å²) < 4.78 is 5.56. The van der Waals surface area contributed by atoms with E-state index in [0.717, 1.165) is 23.1 Å². The Morgan fingerprint density at radius 2 is 2.07 bits per heavy atom. The number of nitrogens with one attached hydrogen (secondary N) is 2. The third-order valence-electron chi connectivity index (χ3n) is 4.84. The van der Waals surface area contributed by atoms with Gasteiger partial charge in [0.25, 0.3) is 0 Å². The van der Waals surface area contributed by atoms with Crippen molar-refractivity contribution in [2.75, 3.05) is 26.7 Å².